The van der Waals surface area contributed by atoms with E-state index in [1.54, 1.807) is 6.92 Å². The number of hydrogen-bond acceptors (Lipinski definition) is 3. The number of ether oxygens (including phenoxy) is 2. The van der Waals surface area contributed by atoms with E-state index in [0.29, 0.717) is 25.4 Å². The highest BCUT2D eigenvalue weighted by Crippen LogP contribution is 2.32. The Hall–Kier alpha value is -1.61. The number of esters is 1. The number of carbonyl (C=O) groups is 1. The topological polar surface area (TPSA) is 35.5 Å². The Morgan fingerprint density at radius 2 is 2.06 bits per heavy atom. The van der Waals surface area contributed by atoms with Gasteiger partial charge in [0.15, 0.2) is 0 Å². The summed E-state index contributed by atoms with van der Waals surface area (Å²) in [5.41, 5.74) is 1.40. The van der Waals surface area contributed by atoms with Gasteiger partial charge < -0.3 is 9.47 Å². The van der Waals surface area contributed by atoms with Crippen LogP contribution in [-0.4, -0.2) is 25.8 Å². The first kappa shape index (κ1) is 11.9. The number of rotatable bonds is 4. The van der Waals surface area contributed by atoms with Gasteiger partial charge in [0.2, 0.25) is 0 Å². The SMILES string of the molecule is C=C(C)C(=O)OCC1(c2ccccc2)COC1. The molecule has 1 aromatic carbocycles. The van der Waals surface area contributed by atoms with Gasteiger partial charge in [-0.1, -0.05) is 36.9 Å². The third-order valence-corrected chi connectivity index (χ3v) is 2.97. The first-order valence-corrected chi connectivity index (χ1v) is 5.60. The molecule has 0 spiro atoms. The van der Waals surface area contributed by atoms with Crippen LogP contribution < -0.4 is 0 Å². The molecule has 0 radical (unpaired) electrons. The molecule has 0 amide bonds. The zero-order valence-corrected chi connectivity index (χ0v) is 9.94. The van der Waals surface area contributed by atoms with Gasteiger partial charge >= 0.3 is 5.97 Å². The van der Waals surface area contributed by atoms with Gasteiger partial charge in [0.1, 0.15) is 6.61 Å². The molecule has 0 atom stereocenters. The predicted molar refractivity (Wildman–Crippen MR) is 64.7 cm³/mol. The maximum Gasteiger partial charge on any atom is 0.333 e. The van der Waals surface area contributed by atoms with Gasteiger partial charge in [0.05, 0.1) is 18.6 Å². The lowest BCUT2D eigenvalue weighted by Crippen LogP contribution is -2.50. The first-order chi connectivity index (χ1) is 8.14. The third kappa shape index (κ3) is 2.39. The summed E-state index contributed by atoms with van der Waals surface area (Å²) in [4.78, 5) is 11.4. The van der Waals surface area contributed by atoms with Crippen LogP contribution >= 0.6 is 0 Å². The van der Waals surface area contributed by atoms with Gasteiger partial charge in [-0.15, -0.1) is 0 Å². The highest BCUT2D eigenvalue weighted by atomic mass is 16.5. The molecule has 3 nitrogen and oxygen atoms in total. The number of carbonyl (C=O) groups excluding carboxylic acids is 1. The van der Waals surface area contributed by atoms with Crippen LogP contribution in [0.5, 0.6) is 0 Å². The minimum atomic E-state index is -0.341. The van der Waals surface area contributed by atoms with E-state index in [1.165, 1.54) is 0 Å². The minimum absolute atomic E-state index is 0.174. The molecule has 0 bridgehead atoms. The first-order valence-electron chi connectivity index (χ1n) is 5.60. The van der Waals surface area contributed by atoms with Crippen LogP contribution in [0.1, 0.15) is 12.5 Å². The smallest absolute Gasteiger partial charge is 0.333 e. The third-order valence-electron chi connectivity index (χ3n) is 2.97. The summed E-state index contributed by atoms with van der Waals surface area (Å²) in [5.74, 6) is -0.341. The summed E-state index contributed by atoms with van der Waals surface area (Å²) < 4.78 is 10.5. The maximum atomic E-state index is 11.4. The highest BCUT2D eigenvalue weighted by Gasteiger charge is 2.41. The molecule has 1 fully saturated rings. The standard InChI is InChI=1S/C14H16O3/c1-11(2)13(15)17-10-14(8-16-9-14)12-6-4-3-5-7-12/h3-7H,1,8-10H2,2H3. The number of benzene rings is 1. The normalized spacial score (nSPS) is 17.0. The fraction of sp³-hybridized carbons (Fsp3) is 0.357. The van der Waals surface area contributed by atoms with Crippen molar-refractivity contribution in [2.45, 2.75) is 12.3 Å². The summed E-state index contributed by atoms with van der Waals surface area (Å²) in [6, 6.07) is 10.0. The van der Waals surface area contributed by atoms with Crippen LogP contribution in [0.4, 0.5) is 0 Å². The van der Waals surface area contributed by atoms with Crippen molar-refractivity contribution in [3.8, 4) is 0 Å². The molecule has 1 aliphatic rings. The Morgan fingerprint density at radius 1 is 1.41 bits per heavy atom. The Labute approximate surface area is 101 Å². The van der Waals surface area contributed by atoms with E-state index in [4.69, 9.17) is 9.47 Å². The number of hydrogen-bond donors (Lipinski definition) is 0. The molecule has 0 unspecified atom stereocenters. The minimum Gasteiger partial charge on any atom is -0.461 e. The molecule has 1 aliphatic heterocycles. The van der Waals surface area contributed by atoms with E-state index in [-0.39, 0.29) is 11.4 Å². The van der Waals surface area contributed by atoms with E-state index in [2.05, 4.69) is 6.58 Å². The summed E-state index contributed by atoms with van der Waals surface area (Å²) >= 11 is 0. The Morgan fingerprint density at radius 3 is 2.53 bits per heavy atom. The lowest BCUT2D eigenvalue weighted by molar-refractivity contribution is -0.150. The van der Waals surface area contributed by atoms with Gasteiger partial charge in [-0.25, -0.2) is 4.79 Å². The summed E-state index contributed by atoms with van der Waals surface area (Å²) in [6.45, 7) is 6.76. The van der Waals surface area contributed by atoms with Gasteiger partial charge in [-0.2, -0.15) is 0 Å². The van der Waals surface area contributed by atoms with Crippen LogP contribution in [0.2, 0.25) is 0 Å². The van der Waals surface area contributed by atoms with Crippen LogP contribution in [-0.2, 0) is 19.7 Å². The quantitative estimate of drug-likeness (QED) is 0.589. The monoisotopic (exact) mass is 232 g/mol. The maximum absolute atomic E-state index is 11.4. The molecule has 17 heavy (non-hydrogen) atoms. The second kappa shape index (κ2) is 4.72. The largest absolute Gasteiger partial charge is 0.461 e. The zero-order valence-electron chi connectivity index (χ0n) is 9.94. The van der Waals surface area contributed by atoms with Crippen molar-refractivity contribution < 1.29 is 14.3 Å². The second-order valence-corrected chi connectivity index (χ2v) is 4.50. The molecule has 2 rings (SSSR count). The zero-order chi connectivity index (χ0) is 12.3. The summed E-state index contributed by atoms with van der Waals surface area (Å²) in [6.07, 6.45) is 0. The van der Waals surface area contributed by atoms with E-state index < -0.39 is 0 Å². The van der Waals surface area contributed by atoms with Gasteiger partial charge in [-0.3, -0.25) is 0 Å². The molecule has 0 N–H and O–H groups in total. The van der Waals surface area contributed by atoms with E-state index in [9.17, 15) is 4.79 Å². The molecular formula is C14H16O3. The Balaban J connectivity index is 2.06. The highest BCUT2D eigenvalue weighted by molar-refractivity contribution is 5.87. The molecule has 0 aromatic heterocycles. The second-order valence-electron chi connectivity index (χ2n) is 4.50. The molecule has 0 saturated carbocycles. The summed E-state index contributed by atoms with van der Waals surface area (Å²) in [5, 5.41) is 0. The predicted octanol–water partition coefficient (Wildman–Crippen LogP) is 2.07. The van der Waals surface area contributed by atoms with Crippen molar-refractivity contribution >= 4 is 5.97 Å². The van der Waals surface area contributed by atoms with E-state index in [0.717, 1.165) is 5.56 Å². The lowest BCUT2D eigenvalue weighted by Gasteiger charge is -2.41. The summed E-state index contributed by atoms with van der Waals surface area (Å²) in [7, 11) is 0. The fourth-order valence-electron chi connectivity index (χ4n) is 1.80. The Kier molecular flexibility index (Phi) is 3.29. The van der Waals surface area contributed by atoms with Crippen molar-refractivity contribution in [3.05, 3.63) is 48.0 Å². The molecule has 1 aromatic rings. The van der Waals surface area contributed by atoms with Crippen LogP contribution in [0, 0.1) is 0 Å². The molecule has 0 aliphatic carbocycles. The fourth-order valence-corrected chi connectivity index (χ4v) is 1.80. The molecule has 3 heteroatoms. The van der Waals surface area contributed by atoms with Gasteiger partial charge in [0, 0.05) is 5.57 Å². The van der Waals surface area contributed by atoms with Crippen molar-refractivity contribution in [1.82, 2.24) is 0 Å². The van der Waals surface area contributed by atoms with Crippen molar-refractivity contribution in [3.63, 3.8) is 0 Å². The molecular weight excluding hydrogens is 216 g/mol. The molecule has 90 valence electrons. The molecule has 1 saturated heterocycles. The lowest BCUT2D eigenvalue weighted by atomic mass is 9.79. The van der Waals surface area contributed by atoms with Crippen LogP contribution in [0.15, 0.2) is 42.5 Å². The van der Waals surface area contributed by atoms with Crippen LogP contribution in [0.3, 0.4) is 0 Å². The average Bonchev–Trinajstić information content (AvgIpc) is 2.28. The van der Waals surface area contributed by atoms with Crippen molar-refractivity contribution in [1.29, 1.82) is 0 Å². The molecule has 1 heterocycles. The average molecular weight is 232 g/mol. The van der Waals surface area contributed by atoms with Gasteiger partial charge in [-0.05, 0) is 12.5 Å². The van der Waals surface area contributed by atoms with Crippen molar-refractivity contribution in [2.75, 3.05) is 19.8 Å². The van der Waals surface area contributed by atoms with E-state index in [1.807, 2.05) is 30.3 Å². The Bertz CT molecular complexity index is 418. The van der Waals surface area contributed by atoms with Gasteiger partial charge in [0.25, 0.3) is 0 Å². The van der Waals surface area contributed by atoms with Crippen LogP contribution in [0.25, 0.3) is 0 Å². The van der Waals surface area contributed by atoms with E-state index >= 15 is 0 Å². The van der Waals surface area contributed by atoms with Crippen molar-refractivity contribution in [2.24, 2.45) is 0 Å².